The molecule has 2 rings (SSSR count). The highest BCUT2D eigenvalue weighted by atomic mass is 16.5. The van der Waals surface area contributed by atoms with Gasteiger partial charge in [-0.2, -0.15) is 0 Å². The molecule has 0 bridgehead atoms. The van der Waals surface area contributed by atoms with E-state index in [-0.39, 0.29) is 0 Å². The Hall–Kier alpha value is -1.06. The van der Waals surface area contributed by atoms with Crippen LogP contribution in [0, 0.1) is 5.92 Å². The predicted molar refractivity (Wildman–Crippen MR) is 88.5 cm³/mol. The molecular weight excluding hydrogens is 260 g/mol. The van der Waals surface area contributed by atoms with Gasteiger partial charge in [0.2, 0.25) is 0 Å². The van der Waals surface area contributed by atoms with Crippen molar-refractivity contribution in [1.29, 1.82) is 0 Å². The predicted octanol–water partition coefficient (Wildman–Crippen LogP) is 3.42. The van der Waals surface area contributed by atoms with Crippen LogP contribution in [-0.2, 0) is 6.54 Å². The van der Waals surface area contributed by atoms with Crippen molar-refractivity contribution in [2.75, 3.05) is 19.7 Å². The van der Waals surface area contributed by atoms with Crippen LogP contribution in [0.3, 0.4) is 0 Å². The molecular formula is C18H30N2O. The number of para-hydroxylation sites is 1. The standard InChI is InChI=1S/C18H30N2O/c1-3-20(17-11-7-5-9-15(17)13-19)14-16-10-6-8-12-18(16)21-4-2/h6,8,10,12,15,17H,3-5,7,9,11,13-14,19H2,1-2H3. The highest BCUT2D eigenvalue weighted by molar-refractivity contribution is 5.33. The third-order valence-corrected chi connectivity index (χ3v) is 4.69. The van der Waals surface area contributed by atoms with E-state index in [4.69, 9.17) is 10.5 Å². The van der Waals surface area contributed by atoms with Crippen LogP contribution < -0.4 is 10.5 Å². The third kappa shape index (κ3) is 4.21. The fourth-order valence-electron chi connectivity index (χ4n) is 3.56. The van der Waals surface area contributed by atoms with Crippen LogP contribution in [-0.4, -0.2) is 30.6 Å². The number of hydrogen-bond donors (Lipinski definition) is 1. The lowest BCUT2D eigenvalue weighted by Gasteiger charge is -2.39. The van der Waals surface area contributed by atoms with Gasteiger partial charge in [0.25, 0.3) is 0 Å². The lowest BCUT2D eigenvalue weighted by molar-refractivity contribution is 0.104. The topological polar surface area (TPSA) is 38.5 Å². The van der Waals surface area contributed by atoms with Crippen molar-refractivity contribution in [2.24, 2.45) is 11.7 Å². The number of ether oxygens (including phenoxy) is 1. The SMILES string of the molecule is CCOc1ccccc1CN(CC)C1CCCCC1CN. The molecule has 0 radical (unpaired) electrons. The molecule has 0 amide bonds. The number of nitrogens with zero attached hydrogens (tertiary/aromatic N) is 1. The smallest absolute Gasteiger partial charge is 0.123 e. The highest BCUT2D eigenvalue weighted by Crippen LogP contribution is 2.30. The van der Waals surface area contributed by atoms with Crippen LogP contribution in [0.4, 0.5) is 0 Å². The van der Waals surface area contributed by atoms with Gasteiger partial charge >= 0.3 is 0 Å². The van der Waals surface area contributed by atoms with Crippen molar-refractivity contribution in [1.82, 2.24) is 4.90 Å². The van der Waals surface area contributed by atoms with Gasteiger partial charge in [-0.15, -0.1) is 0 Å². The Balaban J connectivity index is 2.11. The molecule has 2 N–H and O–H groups in total. The first-order valence-electron chi connectivity index (χ1n) is 8.44. The van der Waals surface area contributed by atoms with Gasteiger partial charge in [0.15, 0.2) is 0 Å². The minimum Gasteiger partial charge on any atom is -0.494 e. The summed E-state index contributed by atoms with van der Waals surface area (Å²) in [5.41, 5.74) is 7.30. The largest absolute Gasteiger partial charge is 0.494 e. The second-order valence-corrected chi connectivity index (χ2v) is 5.95. The summed E-state index contributed by atoms with van der Waals surface area (Å²) in [6, 6.07) is 9.05. The molecule has 1 aromatic carbocycles. The lowest BCUT2D eigenvalue weighted by Crippen LogP contribution is -2.44. The van der Waals surface area contributed by atoms with Gasteiger partial charge in [-0.3, -0.25) is 4.90 Å². The molecule has 1 fully saturated rings. The zero-order valence-corrected chi connectivity index (χ0v) is 13.6. The molecule has 0 spiro atoms. The third-order valence-electron chi connectivity index (χ3n) is 4.69. The first-order chi connectivity index (χ1) is 10.3. The normalized spacial score (nSPS) is 22.5. The molecule has 1 aromatic rings. The van der Waals surface area contributed by atoms with Gasteiger partial charge in [-0.25, -0.2) is 0 Å². The number of benzene rings is 1. The van der Waals surface area contributed by atoms with E-state index in [1.54, 1.807) is 0 Å². The number of rotatable bonds is 7. The van der Waals surface area contributed by atoms with Gasteiger partial charge in [-0.05, 0) is 44.8 Å². The fraction of sp³-hybridized carbons (Fsp3) is 0.667. The molecule has 1 aliphatic carbocycles. The molecule has 1 aliphatic rings. The first kappa shape index (κ1) is 16.3. The summed E-state index contributed by atoms with van der Waals surface area (Å²) in [6.07, 6.45) is 5.24. The highest BCUT2D eigenvalue weighted by Gasteiger charge is 2.28. The van der Waals surface area contributed by atoms with Gasteiger partial charge in [-0.1, -0.05) is 38.0 Å². The van der Waals surface area contributed by atoms with E-state index in [9.17, 15) is 0 Å². The molecule has 2 unspecified atom stereocenters. The minimum absolute atomic E-state index is 0.628. The van der Waals surface area contributed by atoms with Crippen molar-refractivity contribution in [3.05, 3.63) is 29.8 Å². The summed E-state index contributed by atoms with van der Waals surface area (Å²) in [5.74, 6) is 1.68. The minimum atomic E-state index is 0.628. The van der Waals surface area contributed by atoms with Crippen molar-refractivity contribution < 1.29 is 4.74 Å². The van der Waals surface area contributed by atoms with Crippen molar-refractivity contribution in [3.8, 4) is 5.75 Å². The molecule has 0 heterocycles. The summed E-state index contributed by atoms with van der Waals surface area (Å²) in [4.78, 5) is 2.59. The molecule has 3 heteroatoms. The van der Waals surface area contributed by atoms with Crippen molar-refractivity contribution in [3.63, 3.8) is 0 Å². The summed E-state index contributed by atoms with van der Waals surface area (Å²) in [5, 5.41) is 0. The maximum Gasteiger partial charge on any atom is 0.123 e. The van der Waals surface area contributed by atoms with Crippen molar-refractivity contribution in [2.45, 2.75) is 52.1 Å². The number of nitrogens with two attached hydrogens (primary N) is 1. The van der Waals surface area contributed by atoms with Crippen molar-refractivity contribution >= 4 is 0 Å². The van der Waals surface area contributed by atoms with E-state index >= 15 is 0 Å². The Bertz CT molecular complexity index is 421. The van der Waals surface area contributed by atoms with E-state index in [1.165, 1.54) is 31.2 Å². The molecule has 2 atom stereocenters. The maximum absolute atomic E-state index is 6.01. The summed E-state index contributed by atoms with van der Waals surface area (Å²) in [7, 11) is 0. The van der Waals surface area contributed by atoms with E-state index in [1.807, 2.05) is 13.0 Å². The molecule has 1 saturated carbocycles. The van der Waals surface area contributed by atoms with E-state index in [2.05, 4.69) is 30.0 Å². The molecule has 21 heavy (non-hydrogen) atoms. The van der Waals surface area contributed by atoms with Gasteiger partial charge in [0.1, 0.15) is 5.75 Å². The van der Waals surface area contributed by atoms with Gasteiger partial charge in [0.05, 0.1) is 6.61 Å². The Morgan fingerprint density at radius 2 is 1.95 bits per heavy atom. The Morgan fingerprint density at radius 1 is 1.19 bits per heavy atom. The van der Waals surface area contributed by atoms with Crippen LogP contribution >= 0.6 is 0 Å². The summed E-state index contributed by atoms with van der Waals surface area (Å²) in [6.45, 7) is 7.87. The van der Waals surface area contributed by atoms with E-state index in [0.29, 0.717) is 12.0 Å². The van der Waals surface area contributed by atoms with Crippen LogP contribution in [0.2, 0.25) is 0 Å². The van der Waals surface area contributed by atoms with Gasteiger partial charge < -0.3 is 10.5 Å². The summed E-state index contributed by atoms with van der Waals surface area (Å²) >= 11 is 0. The Kier molecular flexibility index (Phi) is 6.52. The average molecular weight is 290 g/mol. The molecule has 0 saturated heterocycles. The molecule has 0 aliphatic heterocycles. The zero-order valence-electron chi connectivity index (χ0n) is 13.6. The molecule has 3 nitrogen and oxygen atoms in total. The van der Waals surface area contributed by atoms with Crippen LogP contribution in [0.5, 0.6) is 5.75 Å². The monoisotopic (exact) mass is 290 g/mol. The molecule has 118 valence electrons. The summed E-state index contributed by atoms with van der Waals surface area (Å²) < 4.78 is 5.77. The first-order valence-corrected chi connectivity index (χ1v) is 8.44. The Labute approximate surface area is 129 Å². The average Bonchev–Trinajstić information content (AvgIpc) is 2.54. The van der Waals surface area contributed by atoms with Crippen LogP contribution in [0.25, 0.3) is 0 Å². The van der Waals surface area contributed by atoms with Gasteiger partial charge in [0, 0.05) is 18.2 Å². The van der Waals surface area contributed by atoms with E-state index in [0.717, 1.165) is 32.0 Å². The van der Waals surface area contributed by atoms with Crippen LogP contribution in [0.15, 0.2) is 24.3 Å². The zero-order chi connectivity index (χ0) is 15.1. The Morgan fingerprint density at radius 3 is 2.67 bits per heavy atom. The second-order valence-electron chi connectivity index (χ2n) is 5.95. The van der Waals surface area contributed by atoms with E-state index < -0.39 is 0 Å². The van der Waals surface area contributed by atoms with Crippen LogP contribution in [0.1, 0.15) is 45.1 Å². The second kappa shape index (κ2) is 8.40. The lowest BCUT2D eigenvalue weighted by atomic mass is 9.83. The molecule has 0 aromatic heterocycles. The number of hydrogen-bond acceptors (Lipinski definition) is 3. The maximum atomic E-state index is 6.01. The quantitative estimate of drug-likeness (QED) is 0.836. The fourth-order valence-corrected chi connectivity index (χ4v) is 3.56.